The molecule has 23 heavy (non-hydrogen) atoms. The smallest absolute Gasteiger partial charge is 0.317 e. The molecule has 0 aliphatic carbocycles. The fourth-order valence-corrected chi connectivity index (χ4v) is 3.58. The van der Waals surface area contributed by atoms with Gasteiger partial charge >= 0.3 is 6.03 Å². The molecular formula is C17H22N4OS. The monoisotopic (exact) mass is 330 g/mol. The van der Waals surface area contributed by atoms with Crippen molar-refractivity contribution >= 4 is 23.2 Å². The first-order valence-electron chi connectivity index (χ1n) is 7.96. The van der Waals surface area contributed by atoms with Gasteiger partial charge in [-0.05, 0) is 37.6 Å². The summed E-state index contributed by atoms with van der Waals surface area (Å²) < 4.78 is 0. The second-order valence-electron chi connectivity index (χ2n) is 5.69. The van der Waals surface area contributed by atoms with Crippen LogP contribution in [-0.2, 0) is 6.54 Å². The molecule has 1 aliphatic rings. The molecule has 3 heterocycles. The minimum atomic E-state index is 0.0268. The highest BCUT2D eigenvalue weighted by Crippen LogP contribution is 2.15. The molecule has 2 amide bonds. The lowest BCUT2D eigenvalue weighted by Crippen LogP contribution is -2.41. The van der Waals surface area contributed by atoms with Gasteiger partial charge in [0.15, 0.2) is 0 Å². The minimum absolute atomic E-state index is 0.0268. The SMILES string of the molecule is Cc1ccc(CNC(=O)N2CCCN(c3ccccn3)CC2)s1. The molecule has 0 atom stereocenters. The summed E-state index contributed by atoms with van der Waals surface area (Å²) in [6, 6.07) is 10.1. The maximum Gasteiger partial charge on any atom is 0.317 e. The van der Waals surface area contributed by atoms with Gasteiger partial charge in [0.2, 0.25) is 0 Å². The summed E-state index contributed by atoms with van der Waals surface area (Å²) in [6.45, 7) is 5.97. The Morgan fingerprint density at radius 1 is 1.22 bits per heavy atom. The van der Waals surface area contributed by atoms with Gasteiger partial charge in [-0.3, -0.25) is 0 Å². The third-order valence-electron chi connectivity index (χ3n) is 3.97. The number of carbonyl (C=O) groups excluding carboxylic acids is 1. The molecule has 0 bridgehead atoms. The molecule has 1 saturated heterocycles. The molecule has 0 spiro atoms. The molecule has 1 fully saturated rings. The molecule has 1 N–H and O–H groups in total. The number of urea groups is 1. The highest BCUT2D eigenvalue weighted by molar-refractivity contribution is 7.11. The van der Waals surface area contributed by atoms with Gasteiger partial charge in [-0.1, -0.05) is 6.07 Å². The van der Waals surface area contributed by atoms with Gasteiger partial charge in [-0.25, -0.2) is 9.78 Å². The fraction of sp³-hybridized carbons (Fsp3) is 0.412. The van der Waals surface area contributed by atoms with Crippen LogP contribution in [-0.4, -0.2) is 42.1 Å². The number of nitrogens with one attached hydrogen (secondary N) is 1. The Kier molecular flexibility index (Phi) is 5.12. The molecule has 2 aromatic rings. The van der Waals surface area contributed by atoms with Gasteiger partial charge in [0.25, 0.3) is 0 Å². The molecular weight excluding hydrogens is 308 g/mol. The highest BCUT2D eigenvalue weighted by Gasteiger charge is 2.19. The molecule has 0 saturated carbocycles. The molecule has 5 nitrogen and oxygen atoms in total. The molecule has 3 rings (SSSR count). The van der Waals surface area contributed by atoms with Crippen molar-refractivity contribution in [2.45, 2.75) is 19.9 Å². The zero-order valence-electron chi connectivity index (χ0n) is 13.4. The van der Waals surface area contributed by atoms with Crippen molar-refractivity contribution in [2.75, 3.05) is 31.1 Å². The maximum atomic E-state index is 12.4. The Balaban J connectivity index is 1.52. The Morgan fingerprint density at radius 3 is 2.87 bits per heavy atom. The summed E-state index contributed by atoms with van der Waals surface area (Å²) in [7, 11) is 0. The van der Waals surface area contributed by atoms with Crippen molar-refractivity contribution < 1.29 is 4.79 Å². The first-order chi connectivity index (χ1) is 11.2. The van der Waals surface area contributed by atoms with Gasteiger partial charge in [0.1, 0.15) is 5.82 Å². The van der Waals surface area contributed by atoms with Crippen LogP contribution in [0.4, 0.5) is 10.6 Å². The zero-order valence-corrected chi connectivity index (χ0v) is 14.2. The van der Waals surface area contributed by atoms with Gasteiger partial charge in [0.05, 0.1) is 6.54 Å². The van der Waals surface area contributed by atoms with Crippen molar-refractivity contribution in [3.63, 3.8) is 0 Å². The maximum absolute atomic E-state index is 12.4. The van der Waals surface area contributed by atoms with Crippen LogP contribution in [0.3, 0.4) is 0 Å². The molecule has 0 aromatic carbocycles. The summed E-state index contributed by atoms with van der Waals surface area (Å²) in [5, 5.41) is 3.03. The molecule has 6 heteroatoms. The van der Waals surface area contributed by atoms with Crippen LogP contribution in [0.2, 0.25) is 0 Å². The van der Waals surface area contributed by atoms with Crippen LogP contribution in [0.25, 0.3) is 0 Å². The zero-order chi connectivity index (χ0) is 16.1. The number of thiophene rings is 1. The third-order valence-corrected chi connectivity index (χ3v) is 4.97. The molecule has 1 aliphatic heterocycles. The second-order valence-corrected chi connectivity index (χ2v) is 7.06. The number of carbonyl (C=O) groups is 1. The van der Waals surface area contributed by atoms with E-state index in [0.29, 0.717) is 6.54 Å². The summed E-state index contributed by atoms with van der Waals surface area (Å²) in [6.07, 6.45) is 2.77. The van der Waals surface area contributed by atoms with E-state index < -0.39 is 0 Å². The number of anilines is 1. The van der Waals surface area contributed by atoms with E-state index in [0.717, 1.165) is 38.4 Å². The van der Waals surface area contributed by atoms with E-state index in [4.69, 9.17) is 0 Å². The van der Waals surface area contributed by atoms with Crippen molar-refractivity contribution in [1.82, 2.24) is 15.2 Å². The van der Waals surface area contributed by atoms with Crippen LogP contribution in [0.15, 0.2) is 36.5 Å². The van der Waals surface area contributed by atoms with E-state index in [2.05, 4.69) is 34.3 Å². The van der Waals surface area contributed by atoms with Crippen molar-refractivity contribution in [1.29, 1.82) is 0 Å². The lowest BCUT2D eigenvalue weighted by molar-refractivity contribution is 0.201. The van der Waals surface area contributed by atoms with Crippen molar-refractivity contribution in [3.05, 3.63) is 46.3 Å². The van der Waals surface area contributed by atoms with Crippen LogP contribution in [0.1, 0.15) is 16.2 Å². The standard InChI is InChI=1S/C17H22N4OS/c1-14-6-7-15(23-14)13-19-17(22)21-10-4-9-20(11-12-21)16-5-2-3-8-18-16/h2-3,5-8H,4,9-13H2,1H3,(H,19,22). The lowest BCUT2D eigenvalue weighted by Gasteiger charge is -2.23. The predicted molar refractivity (Wildman–Crippen MR) is 93.9 cm³/mol. The van der Waals surface area contributed by atoms with E-state index in [-0.39, 0.29) is 6.03 Å². The van der Waals surface area contributed by atoms with Crippen molar-refractivity contribution in [3.8, 4) is 0 Å². The number of nitrogens with zero attached hydrogens (tertiary/aromatic N) is 3. The number of pyridine rings is 1. The number of aromatic nitrogens is 1. The summed E-state index contributed by atoms with van der Waals surface area (Å²) in [5.41, 5.74) is 0. The van der Waals surface area contributed by atoms with Crippen molar-refractivity contribution in [2.24, 2.45) is 0 Å². The summed E-state index contributed by atoms with van der Waals surface area (Å²) in [4.78, 5) is 23.4. The van der Waals surface area contributed by atoms with E-state index in [1.807, 2.05) is 29.3 Å². The predicted octanol–water partition coefficient (Wildman–Crippen LogP) is 2.87. The van der Waals surface area contributed by atoms with Gasteiger partial charge < -0.3 is 15.1 Å². The molecule has 122 valence electrons. The molecule has 0 radical (unpaired) electrons. The van der Waals surface area contributed by atoms with Crippen LogP contribution in [0, 0.1) is 6.92 Å². The quantitative estimate of drug-likeness (QED) is 0.941. The normalized spacial score (nSPS) is 15.3. The van der Waals surface area contributed by atoms with Crippen LogP contribution >= 0.6 is 11.3 Å². The van der Waals surface area contributed by atoms with Gasteiger partial charge in [0, 0.05) is 42.1 Å². The average Bonchev–Trinajstić information content (AvgIpc) is 2.85. The number of hydrogen-bond acceptors (Lipinski definition) is 4. The Hall–Kier alpha value is -2.08. The number of amides is 2. The molecule has 0 unspecified atom stereocenters. The first-order valence-corrected chi connectivity index (χ1v) is 8.78. The highest BCUT2D eigenvalue weighted by atomic mass is 32.1. The first kappa shape index (κ1) is 15.8. The Labute approximate surface area is 140 Å². The largest absolute Gasteiger partial charge is 0.355 e. The topological polar surface area (TPSA) is 48.5 Å². The number of rotatable bonds is 3. The third kappa shape index (κ3) is 4.22. The van der Waals surface area contributed by atoms with E-state index >= 15 is 0 Å². The van der Waals surface area contributed by atoms with Gasteiger partial charge in [-0.15, -0.1) is 11.3 Å². The minimum Gasteiger partial charge on any atom is -0.355 e. The van der Waals surface area contributed by atoms with E-state index in [9.17, 15) is 4.79 Å². The Morgan fingerprint density at radius 2 is 2.13 bits per heavy atom. The van der Waals surface area contributed by atoms with Crippen LogP contribution in [0.5, 0.6) is 0 Å². The van der Waals surface area contributed by atoms with E-state index in [1.54, 1.807) is 11.3 Å². The summed E-state index contributed by atoms with van der Waals surface area (Å²) in [5.74, 6) is 0.990. The fourth-order valence-electron chi connectivity index (χ4n) is 2.75. The lowest BCUT2D eigenvalue weighted by atomic mass is 10.3. The van der Waals surface area contributed by atoms with Crippen LogP contribution < -0.4 is 10.2 Å². The number of hydrogen-bond donors (Lipinski definition) is 1. The van der Waals surface area contributed by atoms with Gasteiger partial charge in [-0.2, -0.15) is 0 Å². The second kappa shape index (κ2) is 7.46. The van der Waals surface area contributed by atoms with E-state index in [1.165, 1.54) is 9.75 Å². The number of aryl methyl sites for hydroxylation is 1. The summed E-state index contributed by atoms with van der Waals surface area (Å²) >= 11 is 1.73. The Bertz CT molecular complexity index is 643. The average molecular weight is 330 g/mol. The molecule has 2 aromatic heterocycles.